The van der Waals surface area contributed by atoms with E-state index in [9.17, 15) is 4.79 Å². The zero-order valence-corrected chi connectivity index (χ0v) is 14.9. The van der Waals surface area contributed by atoms with Crippen LogP contribution >= 0.6 is 0 Å². The van der Waals surface area contributed by atoms with Gasteiger partial charge >= 0.3 is 0 Å². The van der Waals surface area contributed by atoms with Gasteiger partial charge in [-0.3, -0.25) is 4.79 Å². The smallest absolute Gasteiger partial charge is 0.286 e. The Morgan fingerprint density at radius 1 is 1.42 bits per heavy atom. The van der Waals surface area contributed by atoms with Crippen LogP contribution in [-0.2, 0) is 14.3 Å². The fourth-order valence-electron chi connectivity index (χ4n) is 4.70. The highest BCUT2D eigenvalue weighted by atomic mass is 16.7. The van der Waals surface area contributed by atoms with Crippen molar-refractivity contribution in [2.45, 2.75) is 64.7 Å². The minimum atomic E-state index is -0.401. The summed E-state index contributed by atoms with van der Waals surface area (Å²) >= 11 is 0. The van der Waals surface area contributed by atoms with Crippen molar-refractivity contribution in [2.24, 2.45) is 23.7 Å². The van der Waals surface area contributed by atoms with E-state index < -0.39 is 6.29 Å². The molecule has 0 saturated heterocycles. The van der Waals surface area contributed by atoms with Crippen molar-refractivity contribution < 1.29 is 19.4 Å². The molecular weight excluding hydrogens is 306 g/mol. The summed E-state index contributed by atoms with van der Waals surface area (Å²) in [5, 5.41) is 12.3. The van der Waals surface area contributed by atoms with Gasteiger partial charge in [-0.1, -0.05) is 13.3 Å². The summed E-state index contributed by atoms with van der Waals surface area (Å²) < 4.78 is 11.6. The highest BCUT2D eigenvalue weighted by molar-refractivity contribution is 5.91. The van der Waals surface area contributed by atoms with Gasteiger partial charge in [-0.25, -0.2) is 0 Å². The Kier molecular flexibility index (Phi) is 5.82. The molecule has 0 aromatic carbocycles. The van der Waals surface area contributed by atoms with Crippen molar-refractivity contribution in [1.29, 1.82) is 0 Å². The summed E-state index contributed by atoms with van der Waals surface area (Å²) in [7, 11) is 0. The molecule has 0 aromatic rings. The first-order valence-electron chi connectivity index (χ1n) is 9.54. The van der Waals surface area contributed by atoms with E-state index in [2.05, 4.69) is 12.2 Å². The van der Waals surface area contributed by atoms with E-state index in [0.717, 1.165) is 25.2 Å². The molecule has 1 amide bonds. The first-order chi connectivity index (χ1) is 11.6. The number of carbonyl (C=O) groups excluding carboxylic acids is 1. The van der Waals surface area contributed by atoms with Crippen molar-refractivity contribution in [1.82, 2.24) is 5.32 Å². The van der Waals surface area contributed by atoms with E-state index >= 15 is 0 Å². The highest BCUT2D eigenvalue weighted by Gasteiger charge is 2.41. The van der Waals surface area contributed by atoms with Gasteiger partial charge in [-0.15, -0.1) is 0 Å². The second-order valence-corrected chi connectivity index (χ2v) is 7.62. The molecule has 0 radical (unpaired) electrons. The van der Waals surface area contributed by atoms with Crippen molar-refractivity contribution >= 4 is 5.91 Å². The predicted molar refractivity (Wildman–Crippen MR) is 90.9 cm³/mol. The number of amides is 1. The van der Waals surface area contributed by atoms with Gasteiger partial charge in [0, 0.05) is 25.2 Å². The van der Waals surface area contributed by atoms with Crippen LogP contribution < -0.4 is 5.32 Å². The van der Waals surface area contributed by atoms with Crippen LogP contribution in [-0.4, -0.2) is 36.6 Å². The van der Waals surface area contributed by atoms with Crippen molar-refractivity contribution in [3.63, 3.8) is 0 Å². The van der Waals surface area contributed by atoms with Gasteiger partial charge in [-0.05, 0) is 62.9 Å². The molecule has 0 aromatic heterocycles. The minimum Gasteiger partial charge on any atom is -0.459 e. The van der Waals surface area contributed by atoms with E-state index in [0.29, 0.717) is 24.3 Å². The molecule has 3 unspecified atom stereocenters. The number of carbonyl (C=O) groups is 1. The topological polar surface area (TPSA) is 67.8 Å². The predicted octanol–water partition coefficient (Wildman–Crippen LogP) is 2.59. The summed E-state index contributed by atoms with van der Waals surface area (Å²) in [6.07, 6.45) is 8.05. The molecule has 1 aliphatic heterocycles. The molecule has 5 heteroatoms. The molecule has 2 fully saturated rings. The molecule has 2 N–H and O–H groups in total. The van der Waals surface area contributed by atoms with Crippen LogP contribution in [0.4, 0.5) is 0 Å². The lowest BCUT2D eigenvalue weighted by Crippen LogP contribution is -2.43. The molecule has 2 saturated carbocycles. The molecule has 0 spiro atoms. The Labute approximate surface area is 144 Å². The average Bonchev–Trinajstić information content (AvgIpc) is 3.17. The first kappa shape index (κ1) is 17.7. The van der Waals surface area contributed by atoms with Crippen molar-refractivity contribution in [2.75, 3.05) is 13.2 Å². The first-order valence-corrected chi connectivity index (χ1v) is 9.54. The van der Waals surface area contributed by atoms with E-state index in [1.54, 1.807) is 0 Å². The number of ether oxygens (including phenoxy) is 2. The highest BCUT2D eigenvalue weighted by Crippen LogP contribution is 2.44. The number of aliphatic hydroxyl groups excluding tert-OH is 1. The monoisotopic (exact) mass is 337 g/mol. The average molecular weight is 337 g/mol. The summed E-state index contributed by atoms with van der Waals surface area (Å²) in [4.78, 5) is 12.6. The van der Waals surface area contributed by atoms with Crippen molar-refractivity contribution in [3.8, 4) is 0 Å². The molecule has 1 heterocycles. The molecule has 2 aliphatic carbocycles. The van der Waals surface area contributed by atoms with Gasteiger partial charge in [0.2, 0.25) is 6.29 Å². The third-order valence-electron chi connectivity index (χ3n) is 5.99. The molecule has 3 rings (SSSR count). The standard InChI is InChI=1S/C19H31NO4/c1-3-23-19-15(5-4-8-21)12(2)9-17(24-19)18(22)20-16-11-13-6-7-14(16)10-13/h9,12-16,19,21H,3-8,10-11H2,1-2H3,(H,20,22)/t12-,13?,14?,15+,16?,19+/m0/s1. The summed E-state index contributed by atoms with van der Waals surface area (Å²) in [6, 6.07) is 0.314. The normalized spacial score (nSPS) is 37.9. The van der Waals surface area contributed by atoms with Crippen LogP contribution in [0.1, 0.15) is 52.4 Å². The Morgan fingerprint density at radius 3 is 2.88 bits per heavy atom. The maximum atomic E-state index is 12.6. The lowest BCUT2D eigenvalue weighted by molar-refractivity contribution is -0.171. The summed E-state index contributed by atoms with van der Waals surface area (Å²) in [6.45, 7) is 4.75. The van der Waals surface area contributed by atoms with Crippen LogP contribution in [0.2, 0.25) is 0 Å². The second kappa shape index (κ2) is 7.87. The molecule has 3 aliphatic rings. The zero-order chi connectivity index (χ0) is 17.1. The van der Waals surface area contributed by atoms with Crippen LogP contribution in [0.25, 0.3) is 0 Å². The maximum Gasteiger partial charge on any atom is 0.286 e. The van der Waals surface area contributed by atoms with E-state index in [4.69, 9.17) is 14.6 Å². The van der Waals surface area contributed by atoms with Gasteiger partial charge in [0.15, 0.2) is 5.76 Å². The third kappa shape index (κ3) is 3.77. The fourth-order valence-corrected chi connectivity index (χ4v) is 4.70. The number of rotatable bonds is 7. The number of allylic oxidation sites excluding steroid dienone is 1. The van der Waals surface area contributed by atoms with E-state index in [1.165, 1.54) is 19.3 Å². The SMILES string of the molecule is CCO[C@@H]1OC(C(=O)NC2CC3CCC2C3)=C[C@H](C)[C@H]1CCCO. The van der Waals surface area contributed by atoms with E-state index in [-0.39, 0.29) is 24.3 Å². The zero-order valence-electron chi connectivity index (χ0n) is 14.9. The Morgan fingerprint density at radius 2 is 2.25 bits per heavy atom. The lowest BCUT2D eigenvalue weighted by Gasteiger charge is -2.35. The van der Waals surface area contributed by atoms with Crippen molar-refractivity contribution in [3.05, 3.63) is 11.8 Å². The Bertz CT molecular complexity index is 478. The van der Waals surface area contributed by atoms with Crippen LogP contribution in [0.15, 0.2) is 11.8 Å². The number of nitrogens with one attached hydrogen (secondary N) is 1. The van der Waals surface area contributed by atoms with Gasteiger partial charge in [-0.2, -0.15) is 0 Å². The third-order valence-corrected chi connectivity index (χ3v) is 5.99. The van der Waals surface area contributed by atoms with Gasteiger partial charge < -0.3 is 19.9 Å². The maximum absolute atomic E-state index is 12.6. The molecular formula is C19H31NO4. The number of hydrogen-bond acceptors (Lipinski definition) is 4. The fraction of sp³-hybridized carbons (Fsp3) is 0.842. The summed E-state index contributed by atoms with van der Waals surface area (Å²) in [5.41, 5.74) is 0. The largest absolute Gasteiger partial charge is 0.459 e. The van der Waals surface area contributed by atoms with Gasteiger partial charge in [0.05, 0.1) is 0 Å². The molecule has 136 valence electrons. The lowest BCUT2D eigenvalue weighted by atomic mass is 9.86. The Balaban J connectivity index is 1.62. The summed E-state index contributed by atoms with van der Waals surface area (Å²) in [5.74, 6) is 2.15. The quantitative estimate of drug-likeness (QED) is 0.749. The van der Waals surface area contributed by atoms with Crippen LogP contribution in [0.3, 0.4) is 0 Å². The molecule has 5 nitrogen and oxygen atoms in total. The second-order valence-electron chi connectivity index (χ2n) is 7.62. The molecule has 2 bridgehead atoms. The van der Waals surface area contributed by atoms with Crippen LogP contribution in [0.5, 0.6) is 0 Å². The minimum absolute atomic E-state index is 0.0929. The molecule has 6 atom stereocenters. The number of aliphatic hydroxyl groups is 1. The Hall–Kier alpha value is -1.07. The van der Waals surface area contributed by atoms with Gasteiger partial charge in [0.25, 0.3) is 5.91 Å². The number of fused-ring (bicyclic) bond motifs is 2. The van der Waals surface area contributed by atoms with Gasteiger partial charge in [0.1, 0.15) is 0 Å². The molecule has 24 heavy (non-hydrogen) atoms. The van der Waals surface area contributed by atoms with Crippen LogP contribution in [0, 0.1) is 23.7 Å². The number of hydrogen-bond donors (Lipinski definition) is 2. The van der Waals surface area contributed by atoms with E-state index in [1.807, 2.05) is 13.0 Å².